The van der Waals surface area contributed by atoms with Gasteiger partial charge in [0.1, 0.15) is 0 Å². The van der Waals surface area contributed by atoms with Crippen molar-refractivity contribution >= 4 is 35.0 Å². The fourth-order valence-electron chi connectivity index (χ4n) is 2.98. The second-order valence-corrected chi connectivity index (χ2v) is 8.00. The van der Waals surface area contributed by atoms with Crippen LogP contribution in [0.25, 0.3) is 11.4 Å². The Morgan fingerprint density at radius 1 is 1.12 bits per heavy atom. The molecule has 33 heavy (non-hydrogen) atoms. The number of benzene rings is 2. The normalized spacial score (nSPS) is 11.4. The standard InChI is InChI=1S/C21H20ClF3N4O3S/c1-4-29-19(12-5-8-16(31-2)17(9-12)32-3)27-28-20(29)33-11-18(30)26-15-10-13(21(23,24)25)6-7-14(15)22/h5-10H,4,11H2,1-3H3,(H,26,30). The number of nitrogens with one attached hydrogen (secondary N) is 1. The molecular formula is C21H20ClF3N4O3S. The Hall–Kier alpha value is -2.92. The molecule has 0 radical (unpaired) electrons. The van der Waals surface area contributed by atoms with Crippen LogP contribution < -0.4 is 14.8 Å². The summed E-state index contributed by atoms with van der Waals surface area (Å²) in [6, 6.07) is 8.08. The van der Waals surface area contributed by atoms with E-state index in [2.05, 4.69) is 15.5 Å². The maximum atomic E-state index is 12.9. The number of halogens is 4. The molecule has 0 bridgehead atoms. The molecule has 1 heterocycles. The van der Waals surface area contributed by atoms with Crippen molar-refractivity contribution in [1.29, 1.82) is 0 Å². The Bertz CT molecular complexity index is 1150. The number of carbonyl (C=O) groups excluding carboxylic acids is 1. The highest BCUT2D eigenvalue weighted by Crippen LogP contribution is 2.35. The first-order valence-electron chi connectivity index (χ1n) is 9.62. The highest BCUT2D eigenvalue weighted by Gasteiger charge is 2.31. The second-order valence-electron chi connectivity index (χ2n) is 6.65. The van der Waals surface area contributed by atoms with Gasteiger partial charge < -0.3 is 19.4 Å². The summed E-state index contributed by atoms with van der Waals surface area (Å²) < 4.78 is 51.2. The van der Waals surface area contributed by atoms with Gasteiger partial charge in [0.2, 0.25) is 5.91 Å². The van der Waals surface area contributed by atoms with E-state index in [0.29, 0.717) is 29.0 Å². The number of ether oxygens (including phenoxy) is 2. The van der Waals surface area contributed by atoms with Crippen LogP contribution in [0.5, 0.6) is 11.5 Å². The number of hydrogen-bond acceptors (Lipinski definition) is 6. The summed E-state index contributed by atoms with van der Waals surface area (Å²) in [5.74, 6) is 1.05. The van der Waals surface area contributed by atoms with Crippen molar-refractivity contribution < 1.29 is 27.4 Å². The summed E-state index contributed by atoms with van der Waals surface area (Å²) in [5, 5.41) is 11.3. The van der Waals surface area contributed by atoms with E-state index in [1.165, 1.54) is 7.11 Å². The third kappa shape index (κ3) is 5.72. The van der Waals surface area contributed by atoms with Gasteiger partial charge in [-0.3, -0.25) is 4.79 Å². The first kappa shape index (κ1) is 24.7. The van der Waals surface area contributed by atoms with Gasteiger partial charge in [0.15, 0.2) is 22.5 Å². The highest BCUT2D eigenvalue weighted by molar-refractivity contribution is 7.99. The lowest BCUT2D eigenvalue weighted by atomic mass is 10.2. The third-order valence-electron chi connectivity index (χ3n) is 4.57. The fraction of sp³-hybridized carbons (Fsp3) is 0.286. The molecular weight excluding hydrogens is 481 g/mol. The zero-order valence-electron chi connectivity index (χ0n) is 17.9. The predicted molar refractivity (Wildman–Crippen MR) is 120 cm³/mol. The van der Waals surface area contributed by atoms with Crippen molar-refractivity contribution in [3.05, 3.63) is 47.0 Å². The van der Waals surface area contributed by atoms with Crippen LogP contribution in [-0.2, 0) is 17.5 Å². The van der Waals surface area contributed by atoms with Crippen molar-refractivity contribution in [3.8, 4) is 22.9 Å². The largest absolute Gasteiger partial charge is 0.493 e. The number of aromatic nitrogens is 3. The molecule has 0 atom stereocenters. The topological polar surface area (TPSA) is 78.3 Å². The van der Waals surface area contributed by atoms with Gasteiger partial charge in [0.05, 0.1) is 36.2 Å². The summed E-state index contributed by atoms with van der Waals surface area (Å²) in [6.07, 6.45) is -4.54. The quantitative estimate of drug-likeness (QED) is 0.418. The van der Waals surface area contributed by atoms with Crippen LogP contribution in [0.3, 0.4) is 0 Å². The van der Waals surface area contributed by atoms with E-state index >= 15 is 0 Å². The monoisotopic (exact) mass is 500 g/mol. The van der Waals surface area contributed by atoms with Crippen LogP contribution in [0.2, 0.25) is 5.02 Å². The lowest BCUT2D eigenvalue weighted by molar-refractivity contribution is -0.137. The van der Waals surface area contributed by atoms with Gasteiger partial charge in [-0.2, -0.15) is 13.2 Å². The number of carbonyl (C=O) groups is 1. The number of amides is 1. The van der Waals surface area contributed by atoms with E-state index < -0.39 is 17.6 Å². The Labute approximate surface area is 197 Å². The lowest BCUT2D eigenvalue weighted by Gasteiger charge is -2.12. The molecule has 3 rings (SSSR count). The third-order valence-corrected chi connectivity index (χ3v) is 5.87. The summed E-state index contributed by atoms with van der Waals surface area (Å²) in [4.78, 5) is 12.4. The molecule has 0 aliphatic rings. The minimum atomic E-state index is -4.54. The number of alkyl halides is 3. The van der Waals surface area contributed by atoms with Gasteiger partial charge >= 0.3 is 6.18 Å². The van der Waals surface area contributed by atoms with Gasteiger partial charge in [0, 0.05) is 12.1 Å². The average Bonchev–Trinajstić information content (AvgIpc) is 3.20. The summed E-state index contributed by atoms with van der Waals surface area (Å²) in [6.45, 7) is 2.43. The summed E-state index contributed by atoms with van der Waals surface area (Å²) in [7, 11) is 3.07. The highest BCUT2D eigenvalue weighted by atomic mass is 35.5. The van der Waals surface area contributed by atoms with Gasteiger partial charge in [-0.25, -0.2) is 0 Å². The van der Waals surface area contributed by atoms with E-state index in [1.54, 1.807) is 19.2 Å². The van der Waals surface area contributed by atoms with Gasteiger partial charge in [-0.15, -0.1) is 10.2 Å². The van der Waals surface area contributed by atoms with Gasteiger partial charge in [-0.05, 0) is 43.3 Å². The lowest BCUT2D eigenvalue weighted by Crippen LogP contribution is -2.16. The van der Waals surface area contributed by atoms with Crippen LogP contribution >= 0.6 is 23.4 Å². The van der Waals surface area contributed by atoms with E-state index in [9.17, 15) is 18.0 Å². The molecule has 7 nitrogen and oxygen atoms in total. The van der Waals surface area contributed by atoms with E-state index in [4.69, 9.17) is 21.1 Å². The molecule has 0 saturated heterocycles. The van der Waals surface area contributed by atoms with Crippen molar-refractivity contribution in [2.45, 2.75) is 24.8 Å². The van der Waals surface area contributed by atoms with Crippen LogP contribution in [0.4, 0.5) is 18.9 Å². The first-order valence-corrected chi connectivity index (χ1v) is 11.0. The molecule has 1 aromatic heterocycles. The Balaban J connectivity index is 1.74. The second kappa shape index (κ2) is 10.3. The molecule has 1 N–H and O–H groups in total. The number of hydrogen-bond donors (Lipinski definition) is 1. The molecule has 0 spiro atoms. The van der Waals surface area contributed by atoms with Crippen LogP contribution in [0.1, 0.15) is 12.5 Å². The van der Waals surface area contributed by atoms with E-state index in [-0.39, 0.29) is 16.5 Å². The molecule has 176 valence electrons. The van der Waals surface area contributed by atoms with Crippen molar-refractivity contribution in [2.24, 2.45) is 0 Å². The smallest absolute Gasteiger partial charge is 0.416 e. The Kier molecular flexibility index (Phi) is 7.75. The molecule has 0 aliphatic carbocycles. The SMILES string of the molecule is CCn1c(SCC(=O)Nc2cc(C(F)(F)F)ccc2Cl)nnc1-c1ccc(OC)c(OC)c1. The fourth-order valence-corrected chi connectivity index (χ4v) is 3.95. The Morgan fingerprint density at radius 2 is 1.85 bits per heavy atom. The number of anilines is 1. The maximum absolute atomic E-state index is 12.9. The molecule has 0 fully saturated rings. The molecule has 0 unspecified atom stereocenters. The molecule has 3 aromatic rings. The maximum Gasteiger partial charge on any atom is 0.416 e. The molecule has 0 aliphatic heterocycles. The number of rotatable bonds is 8. The molecule has 1 amide bonds. The van der Waals surface area contributed by atoms with Gasteiger partial charge in [0.25, 0.3) is 0 Å². The summed E-state index contributed by atoms with van der Waals surface area (Å²) in [5.41, 5.74) is -0.269. The zero-order chi connectivity index (χ0) is 24.2. The number of methoxy groups -OCH3 is 2. The van der Waals surface area contributed by atoms with E-state index in [0.717, 1.165) is 35.5 Å². The predicted octanol–water partition coefficient (Wildman–Crippen LogP) is 5.39. The average molecular weight is 501 g/mol. The van der Waals surface area contributed by atoms with Crippen LogP contribution in [0, 0.1) is 0 Å². The van der Waals surface area contributed by atoms with Crippen molar-refractivity contribution in [3.63, 3.8) is 0 Å². The minimum Gasteiger partial charge on any atom is -0.493 e. The first-order chi connectivity index (χ1) is 15.7. The molecule has 2 aromatic carbocycles. The molecule has 0 saturated carbocycles. The number of nitrogens with zero attached hydrogens (tertiary/aromatic N) is 3. The van der Waals surface area contributed by atoms with Gasteiger partial charge in [-0.1, -0.05) is 23.4 Å². The van der Waals surface area contributed by atoms with Crippen LogP contribution in [0.15, 0.2) is 41.6 Å². The van der Waals surface area contributed by atoms with Crippen molar-refractivity contribution in [2.75, 3.05) is 25.3 Å². The van der Waals surface area contributed by atoms with Crippen molar-refractivity contribution in [1.82, 2.24) is 14.8 Å². The number of thioether (sulfide) groups is 1. The van der Waals surface area contributed by atoms with Crippen LogP contribution in [-0.4, -0.2) is 40.6 Å². The molecule has 12 heteroatoms. The summed E-state index contributed by atoms with van der Waals surface area (Å²) >= 11 is 7.04. The Morgan fingerprint density at radius 3 is 2.48 bits per heavy atom. The zero-order valence-corrected chi connectivity index (χ0v) is 19.4. The van der Waals surface area contributed by atoms with E-state index in [1.807, 2.05) is 17.6 Å². The minimum absolute atomic E-state index is 0.00816.